The fraction of sp³-hybridized carbons (Fsp3) is 0.0667. The summed E-state index contributed by atoms with van der Waals surface area (Å²) in [4.78, 5) is 0.253. The van der Waals surface area contributed by atoms with Crippen molar-refractivity contribution >= 4 is 20.9 Å². The Kier molecular flexibility index (Phi) is 3.08. The number of aliphatic hydroxyl groups is 1. The van der Waals surface area contributed by atoms with Gasteiger partial charge in [0.2, 0.25) is 0 Å². The average molecular weight is 287 g/mol. The van der Waals surface area contributed by atoms with E-state index in [1.807, 2.05) is 0 Å². The van der Waals surface area contributed by atoms with E-state index in [1.54, 1.807) is 54.6 Å². The highest BCUT2D eigenvalue weighted by atomic mass is 32.2. The first-order valence-corrected chi connectivity index (χ1v) is 7.58. The van der Waals surface area contributed by atoms with Crippen LogP contribution < -0.4 is 0 Å². The van der Waals surface area contributed by atoms with Gasteiger partial charge in [-0.05, 0) is 35.9 Å². The molecule has 0 saturated heterocycles. The Hall–Kier alpha value is -2.11. The summed E-state index contributed by atoms with van der Waals surface area (Å²) in [5, 5.41) is 9.90. The minimum atomic E-state index is -3.59. The highest BCUT2D eigenvalue weighted by Crippen LogP contribution is 2.23. The van der Waals surface area contributed by atoms with Crippen LogP contribution >= 0.6 is 0 Å². The van der Waals surface area contributed by atoms with E-state index < -0.39 is 10.0 Å². The molecule has 0 saturated carbocycles. The van der Waals surface area contributed by atoms with Crippen molar-refractivity contribution in [3.05, 3.63) is 66.4 Å². The second kappa shape index (κ2) is 4.77. The van der Waals surface area contributed by atoms with Gasteiger partial charge in [-0.3, -0.25) is 0 Å². The molecule has 0 radical (unpaired) electrons. The maximum Gasteiger partial charge on any atom is 0.268 e. The summed E-state index contributed by atoms with van der Waals surface area (Å²) in [5.41, 5.74) is 1.36. The van der Waals surface area contributed by atoms with E-state index in [0.717, 1.165) is 10.9 Å². The van der Waals surface area contributed by atoms with Crippen LogP contribution in [0.3, 0.4) is 0 Å². The van der Waals surface area contributed by atoms with Gasteiger partial charge in [0.25, 0.3) is 10.0 Å². The predicted octanol–water partition coefficient (Wildman–Crippen LogP) is 2.37. The summed E-state index contributed by atoms with van der Waals surface area (Å²) in [5.74, 6) is 0. The lowest BCUT2D eigenvalue weighted by Gasteiger charge is -2.07. The lowest BCUT2D eigenvalue weighted by molar-refractivity contribution is 0.282. The van der Waals surface area contributed by atoms with Crippen molar-refractivity contribution in [1.29, 1.82) is 0 Å². The van der Waals surface area contributed by atoms with Crippen LogP contribution in [0, 0.1) is 0 Å². The van der Waals surface area contributed by atoms with Gasteiger partial charge in [-0.1, -0.05) is 24.3 Å². The zero-order chi connectivity index (χ0) is 14.2. The number of fused-ring (bicyclic) bond motifs is 1. The summed E-state index contributed by atoms with van der Waals surface area (Å²) in [6, 6.07) is 15.3. The minimum absolute atomic E-state index is 0.0629. The molecule has 2 aromatic carbocycles. The molecule has 3 rings (SSSR count). The maximum atomic E-state index is 12.6. The zero-order valence-electron chi connectivity index (χ0n) is 10.6. The summed E-state index contributed by atoms with van der Waals surface area (Å²) in [6.45, 7) is -0.0629. The maximum absolute atomic E-state index is 12.6. The number of aliphatic hydroxyl groups excluding tert-OH is 1. The first-order chi connectivity index (χ1) is 9.63. The lowest BCUT2D eigenvalue weighted by atomic mass is 10.2. The number of nitrogens with zero attached hydrogens (tertiary/aromatic N) is 1. The van der Waals surface area contributed by atoms with E-state index in [-0.39, 0.29) is 11.5 Å². The third kappa shape index (κ3) is 2.01. The number of rotatable bonds is 3. The second-order valence-corrected chi connectivity index (χ2v) is 6.30. The van der Waals surface area contributed by atoms with E-state index in [2.05, 4.69) is 0 Å². The monoisotopic (exact) mass is 287 g/mol. The molecule has 0 spiro atoms. The Labute approximate surface area is 117 Å². The van der Waals surface area contributed by atoms with Crippen LogP contribution in [0.2, 0.25) is 0 Å². The molecule has 0 fully saturated rings. The Morgan fingerprint density at radius 2 is 1.75 bits per heavy atom. The average Bonchev–Trinajstić information content (AvgIpc) is 2.91. The molecule has 1 heterocycles. The van der Waals surface area contributed by atoms with Crippen molar-refractivity contribution in [2.75, 3.05) is 0 Å². The summed E-state index contributed by atoms with van der Waals surface area (Å²) in [6.07, 6.45) is 1.54. The smallest absolute Gasteiger partial charge is 0.268 e. The van der Waals surface area contributed by atoms with Crippen molar-refractivity contribution in [3.63, 3.8) is 0 Å². The molecule has 5 heteroatoms. The van der Waals surface area contributed by atoms with Crippen LogP contribution in [0.25, 0.3) is 10.9 Å². The van der Waals surface area contributed by atoms with Gasteiger partial charge in [0, 0.05) is 11.6 Å². The Morgan fingerprint density at radius 1 is 1.00 bits per heavy atom. The van der Waals surface area contributed by atoms with Gasteiger partial charge in [0.1, 0.15) is 0 Å². The molecule has 102 valence electrons. The molecular formula is C15H13NO3S. The van der Waals surface area contributed by atoms with E-state index in [0.29, 0.717) is 5.52 Å². The van der Waals surface area contributed by atoms with Crippen molar-refractivity contribution in [2.24, 2.45) is 0 Å². The minimum Gasteiger partial charge on any atom is -0.392 e. The van der Waals surface area contributed by atoms with Gasteiger partial charge in [-0.25, -0.2) is 12.4 Å². The van der Waals surface area contributed by atoms with E-state index >= 15 is 0 Å². The van der Waals surface area contributed by atoms with Gasteiger partial charge in [-0.15, -0.1) is 0 Å². The molecule has 1 N–H and O–H groups in total. The van der Waals surface area contributed by atoms with Crippen LogP contribution in [0.5, 0.6) is 0 Å². The fourth-order valence-corrected chi connectivity index (χ4v) is 3.55. The fourth-order valence-electron chi connectivity index (χ4n) is 2.18. The normalized spacial score (nSPS) is 11.8. The van der Waals surface area contributed by atoms with E-state index in [9.17, 15) is 8.42 Å². The van der Waals surface area contributed by atoms with Crippen LogP contribution in [-0.4, -0.2) is 17.5 Å². The highest BCUT2D eigenvalue weighted by molar-refractivity contribution is 7.90. The third-order valence-electron chi connectivity index (χ3n) is 3.20. The predicted molar refractivity (Wildman–Crippen MR) is 76.9 cm³/mol. The number of hydrogen-bond acceptors (Lipinski definition) is 3. The molecule has 0 aliphatic heterocycles. The third-order valence-corrected chi connectivity index (χ3v) is 4.91. The Morgan fingerprint density at radius 3 is 2.45 bits per heavy atom. The molecule has 0 amide bonds. The van der Waals surface area contributed by atoms with Gasteiger partial charge in [0.15, 0.2) is 0 Å². The first kappa shape index (κ1) is 12.9. The molecule has 20 heavy (non-hydrogen) atoms. The van der Waals surface area contributed by atoms with Gasteiger partial charge in [-0.2, -0.15) is 0 Å². The van der Waals surface area contributed by atoms with Crippen LogP contribution in [-0.2, 0) is 16.6 Å². The summed E-state index contributed by atoms with van der Waals surface area (Å²) < 4.78 is 26.4. The second-order valence-electron chi connectivity index (χ2n) is 4.48. The van der Waals surface area contributed by atoms with Crippen molar-refractivity contribution in [1.82, 2.24) is 3.97 Å². The summed E-state index contributed by atoms with van der Waals surface area (Å²) in [7, 11) is -3.59. The van der Waals surface area contributed by atoms with Crippen LogP contribution in [0.1, 0.15) is 5.56 Å². The molecule has 4 nitrogen and oxygen atoms in total. The largest absolute Gasteiger partial charge is 0.392 e. The van der Waals surface area contributed by atoms with Gasteiger partial charge in [0.05, 0.1) is 17.0 Å². The zero-order valence-corrected chi connectivity index (χ0v) is 11.4. The van der Waals surface area contributed by atoms with Crippen molar-refractivity contribution < 1.29 is 13.5 Å². The van der Waals surface area contributed by atoms with E-state index in [1.165, 1.54) is 10.2 Å². The standard InChI is InChI=1S/C15H13NO3S/c17-11-12-6-7-15-13(10-12)8-9-16(15)20(18,19)14-4-2-1-3-5-14/h1-10,17H,11H2. The molecule has 3 aromatic rings. The molecule has 0 atom stereocenters. The molecule has 0 bridgehead atoms. The van der Waals surface area contributed by atoms with E-state index in [4.69, 9.17) is 5.11 Å². The quantitative estimate of drug-likeness (QED) is 0.804. The van der Waals surface area contributed by atoms with Crippen LogP contribution in [0.4, 0.5) is 0 Å². The Bertz CT molecular complexity index is 851. The molecule has 1 aromatic heterocycles. The number of benzene rings is 2. The lowest BCUT2D eigenvalue weighted by Crippen LogP contribution is -2.11. The number of aromatic nitrogens is 1. The first-order valence-electron chi connectivity index (χ1n) is 6.14. The summed E-state index contributed by atoms with van der Waals surface area (Å²) >= 11 is 0. The van der Waals surface area contributed by atoms with Gasteiger partial charge < -0.3 is 5.11 Å². The molecule has 0 aliphatic carbocycles. The van der Waals surface area contributed by atoms with Crippen molar-refractivity contribution in [2.45, 2.75) is 11.5 Å². The SMILES string of the molecule is O=S(=O)(c1ccccc1)n1ccc2cc(CO)ccc21. The number of hydrogen-bond donors (Lipinski definition) is 1. The molecular weight excluding hydrogens is 274 g/mol. The van der Waals surface area contributed by atoms with Gasteiger partial charge >= 0.3 is 0 Å². The highest BCUT2D eigenvalue weighted by Gasteiger charge is 2.18. The van der Waals surface area contributed by atoms with Crippen molar-refractivity contribution in [3.8, 4) is 0 Å². The topological polar surface area (TPSA) is 59.3 Å². The van der Waals surface area contributed by atoms with Crippen LogP contribution in [0.15, 0.2) is 65.7 Å². The molecule has 0 aliphatic rings. The Balaban J connectivity index is 2.20. The molecule has 0 unspecified atom stereocenters.